The first-order valence-electron chi connectivity index (χ1n) is 11.9. The van der Waals surface area contributed by atoms with Crippen LogP contribution >= 0.6 is 11.8 Å². The minimum Gasteiger partial charge on any atom is -0.497 e. The molecule has 0 bridgehead atoms. The van der Waals surface area contributed by atoms with E-state index >= 15 is 0 Å². The lowest BCUT2D eigenvalue weighted by atomic mass is 9.98. The second-order valence-electron chi connectivity index (χ2n) is 8.71. The van der Waals surface area contributed by atoms with E-state index < -0.39 is 5.25 Å². The first kappa shape index (κ1) is 25.5. The predicted molar refractivity (Wildman–Crippen MR) is 145 cm³/mol. The number of anilines is 1. The molecule has 2 heterocycles. The van der Waals surface area contributed by atoms with Gasteiger partial charge >= 0.3 is 0 Å². The molecule has 5 rings (SSSR count). The monoisotopic (exact) mass is 532 g/mol. The molecule has 0 spiro atoms. The number of carbonyl (C=O) groups excluding carboxylic acids is 2. The van der Waals surface area contributed by atoms with Gasteiger partial charge in [-0.1, -0.05) is 36.0 Å². The SMILES string of the molecule is COc1ccc(NC(=O)C[C@H]2SC(N3N=C(c4ccc(F)cc4)C[C@H]3c3ccc(OC)cc3)=NC2=O)cc1. The standard InChI is InChI=1S/C28H25FN4O4S/c1-36-21-11-5-18(6-12-21)24-15-23(17-3-7-19(29)8-4-17)32-33(24)28-31-27(35)25(38-28)16-26(34)30-20-9-13-22(37-2)14-10-20/h3-14,24-25H,15-16H2,1-2H3,(H,30,34)/t24-,25+/m0/s1. The number of hydrogen-bond acceptors (Lipinski definition) is 7. The number of aliphatic imine (C=N–C) groups is 1. The van der Waals surface area contributed by atoms with Crippen molar-refractivity contribution in [1.29, 1.82) is 0 Å². The number of methoxy groups -OCH3 is 2. The molecule has 2 aliphatic rings. The Morgan fingerprint density at radius 3 is 2.26 bits per heavy atom. The molecule has 2 aliphatic heterocycles. The number of halogens is 1. The number of nitrogens with zero attached hydrogens (tertiary/aromatic N) is 3. The summed E-state index contributed by atoms with van der Waals surface area (Å²) in [7, 11) is 3.17. The van der Waals surface area contributed by atoms with Gasteiger partial charge in [0.1, 0.15) is 22.6 Å². The highest BCUT2D eigenvalue weighted by Crippen LogP contribution is 2.39. The zero-order valence-electron chi connectivity index (χ0n) is 20.8. The summed E-state index contributed by atoms with van der Waals surface area (Å²) in [6.45, 7) is 0. The topological polar surface area (TPSA) is 92.6 Å². The van der Waals surface area contributed by atoms with Gasteiger partial charge in [0, 0.05) is 18.5 Å². The maximum atomic E-state index is 13.5. The van der Waals surface area contributed by atoms with Crippen LogP contribution in [0.15, 0.2) is 82.9 Å². The molecule has 3 aromatic rings. The second-order valence-corrected chi connectivity index (χ2v) is 9.88. The summed E-state index contributed by atoms with van der Waals surface area (Å²) in [5.41, 5.74) is 3.11. The van der Waals surface area contributed by atoms with Crippen LogP contribution in [0.2, 0.25) is 0 Å². The molecule has 1 N–H and O–H groups in total. The summed E-state index contributed by atoms with van der Waals surface area (Å²) < 4.78 is 23.9. The molecule has 8 nitrogen and oxygen atoms in total. The van der Waals surface area contributed by atoms with Gasteiger partial charge in [-0.05, 0) is 59.7 Å². The molecule has 3 aromatic carbocycles. The van der Waals surface area contributed by atoms with Crippen molar-refractivity contribution in [3.63, 3.8) is 0 Å². The Kier molecular flexibility index (Phi) is 7.41. The average molecular weight is 533 g/mol. The molecule has 2 amide bonds. The first-order valence-corrected chi connectivity index (χ1v) is 12.8. The van der Waals surface area contributed by atoms with E-state index in [2.05, 4.69) is 10.3 Å². The lowest BCUT2D eigenvalue weighted by Crippen LogP contribution is -2.25. The van der Waals surface area contributed by atoms with Gasteiger partial charge in [-0.25, -0.2) is 9.40 Å². The van der Waals surface area contributed by atoms with Crippen LogP contribution < -0.4 is 14.8 Å². The van der Waals surface area contributed by atoms with Crippen molar-refractivity contribution >= 4 is 40.1 Å². The van der Waals surface area contributed by atoms with E-state index in [0.717, 1.165) is 22.6 Å². The quantitative estimate of drug-likeness (QED) is 0.459. The van der Waals surface area contributed by atoms with Gasteiger partial charge in [0.05, 0.1) is 26.0 Å². The van der Waals surface area contributed by atoms with E-state index in [1.165, 1.54) is 23.9 Å². The Bertz CT molecular complexity index is 1390. The molecule has 0 aliphatic carbocycles. The molecule has 38 heavy (non-hydrogen) atoms. The molecule has 0 unspecified atom stereocenters. The zero-order chi connectivity index (χ0) is 26.6. The number of amidine groups is 1. The van der Waals surface area contributed by atoms with E-state index in [4.69, 9.17) is 14.6 Å². The third kappa shape index (κ3) is 5.55. The maximum absolute atomic E-state index is 13.5. The fraction of sp³-hybridized carbons (Fsp3) is 0.214. The fourth-order valence-electron chi connectivity index (χ4n) is 4.25. The first-order chi connectivity index (χ1) is 18.4. The number of benzene rings is 3. The Morgan fingerprint density at radius 1 is 1.00 bits per heavy atom. The highest BCUT2D eigenvalue weighted by Gasteiger charge is 2.39. The largest absolute Gasteiger partial charge is 0.497 e. The number of thioether (sulfide) groups is 1. The van der Waals surface area contributed by atoms with Gasteiger partial charge in [-0.15, -0.1) is 0 Å². The lowest BCUT2D eigenvalue weighted by Gasteiger charge is -2.23. The lowest BCUT2D eigenvalue weighted by molar-refractivity contribution is -0.121. The number of ether oxygens (including phenoxy) is 2. The minimum atomic E-state index is -0.662. The highest BCUT2D eigenvalue weighted by molar-refractivity contribution is 8.15. The Balaban J connectivity index is 1.33. The fourth-order valence-corrected chi connectivity index (χ4v) is 5.31. The number of carbonyl (C=O) groups is 2. The van der Waals surface area contributed by atoms with Crippen molar-refractivity contribution in [2.45, 2.75) is 24.1 Å². The average Bonchev–Trinajstić information content (AvgIpc) is 3.53. The van der Waals surface area contributed by atoms with Crippen molar-refractivity contribution in [3.05, 3.63) is 89.7 Å². The van der Waals surface area contributed by atoms with E-state index in [0.29, 0.717) is 23.0 Å². The van der Waals surface area contributed by atoms with Crippen LogP contribution in [-0.4, -0.2) is 47.2 Å². The number of hydrogen-bond donors (Lipinski definition) is 1. The van der Waals surface area contributed by atoms with Gasteiger partial charge in [-0.3, -0.25) is 9.59 Å². The van der Waals surface area contributed by atoms with Crippen LogP contribution in [0, 0.1) is 5.82 Å². The number of hydrazone groups is 1. The summed E-state index contributed by atoms with van der Waals surface area (Å²) in [6.07, 6.45) is 0.506. The summed E-state index contributed by atoms with van der Waals surface area (Å²) in [4.78, 5) is 29.7. The molecule has 10 heteroatoms. The van der Waals surface area contributed by atoms with E-state index in [1.54, 1.807) is 55.6 Å². The van der Waals surface area contributed by atoms with Crippen molar-refractivity contribution in [2.75, 3.05) is 19.5 Å². The summed E-state index contributed by atoms with van der Waals surface area (Å²) >= 11 is 1.22. The normalized spacial score (nSPS) is 18.7. The van der Waals surface area contributed by atoms with Crippen molar-refractivity contribution < 1.29 is 23.5 Å². The smallest absolute Gasteiger partial charge is 0.262 e. The number of amides is 2. The summed E-state index contributed by atoms with van der Waals surface area (Å²) in [5, 5.41) is 9.08. The minimum absolute atomic E-state index is 0.0297. The van der Waals surface area contributed by atoms with Crippen LogP contribution in [0.1, 0.15) is 30.0 Å². The van der Waals surface area contributed by atoms with Crippen molar-refractivity contribution in [1.82, 2.24) is 5.01 Å². The molecule has 0 saturated heterocycles. The maximum Gasteiger partial charge on any atom is 0.262 e. The molecule has 194 valence electrons. The van der Waals surface area contributed by atoms with E-state index in [9.17, 15) is 14.0 Å². The van der Waals surface area contributed by atoms with E-state index in [1.807, 2.05) is 24.3 Å². The van der Waals surface area contributed by atoms with Crippen molar-refractivity contribution in [3.8, 4) is 11.5 Å². The molecule has 2 atom stereocenters. The third-order valence-electron chi connectivity index (χ3n) is 6.26. The highest BCUT2D eigenvalue weighted by atomic mass is 32.2. The van der Waals surface area contributed by atoms with Gasteiger partial charge in [-0.2, -0.15) is 10.1 Å². The zero-order valence-corrected chi connectivity index (χ0v) is 21.6. The summed E-state index contributed by atoms with van der Waals surface area (Å²) in [6, 6.07) is 20.5. The number of rotatable bonds is 7. The van der Waals surface area contributed by atoms with Gasteiger partial charge in [0.15, 0.2) is 5.17 Å². The molecular weight excluding hydrogens is 507 g/mol. The van der Waals surface area contributed by atoms with Gasteiger partial charge in [0.2, 0.25) is 5.91 Å². The van der Waals surface area contributed by atoms with Crippen LogP contribution in [0.25, 0.3) is 0 Å². The molecular formula is C28H25FN4O4S. The number of nitrogens with one attached hydrogen (secondary N) is 1. The van der Waals surface area contributed by atoms with E-state index in [-0.39, 0.29) is 30.1 Å². The van der Waals surface area contributed by atoms with Gasteiger partial charge in [0.25, 0.3) is 5.91 Å². The van der Waals surface area contributed by atoms with Crippen LogP contribution in [-0.2, 0) is 9.59 Å². The Labute approximate surface area is 223 Å². The third-order valence-corrected chi connectivity index (χ3v) is 7.40. The molecule has 0 radical (unpaired) electrons. The van der Waals surface area contributed by atoms with Crippen LogP contribution in [0.5, 0.6) is 11.5 Å². The Hall–Kier alpha value is -4.18. The predicted octanol–water partition coefficient (Wildman–Crippen LogP) is 5.02. The summed E-state index contributed by atoms with van der Waals surface area (Å²) in [5.74, 6) is 0.409. The van der Waals surface area contributed by atoms with Gasteiger partial charge < -0.3 is 14.8 Å². The molecule has 0 aromatic heterocycles. The Morgan fingerprint density at radius 2 is 1.63 bits per heavy atom. The second kappa shape index (κ2) is 11.1. The molecule has 0 saturated carbocycles. The van der Waals surface area contributed by atoms with Crippen LogP contribution in [0.4, 0.5) is 10.1 Å². The van der Waals surface area contributed by atoms with Crippen molar-refractivity contribution in [2.24, 2.45) is 10.1 Å². The van der Waals surface area contributed by atoms with Crippen LogP contribution in [0.3, 0.4) is 0 Å². The molecule has 0 fully saturated rings.